The van der Waals surface area contributed by atoms with Gasteiger partial charge in [0.05, 0.1) is 6.61 Å². The second-order valence-electron chi connectivity index (χ2n) is 17.1. The highest BCUT2D eigenvalue weighted by atomic mass is 16.5. The van der Waals surface area contributed by atoms with Crippen LogP contribution in [0.25, 0.3) is 0 Å². The molecular formula is C51H92O5. The predicted molar refractivity (Wildman–Crippen MR) is 240 cm³/mol. The van der Waals surface area contributed by atoms with E-state index in [1.54, 1.807) is 18.2 Å². The molecule has 0 saturated heterocycles. The number of aliphatic hydroxyl groups excluding tert-OH is 1. The maximum Gasteiger partial charge on any atom is 0.311 e. The molecule has 0 atom stereocenters. The van der Waals surface area contributed by atoms with Crippen molar-refractivity contribution in [1.82, 2.24) is 0 Å². The van der Waals surface area contributed by atoms with E-state index in [2.05, 4.69) is 13.8 Å². The lowest BCUT2D eigenvalue weighted by atomic mass is 10.0. The van der Waals surface area contributed by atoms with Gasteiger partial charge in [-0.25, -0.2) is 0 Å². The Morgan fingerprint density at radius 2 is 0.571 bits per heavy atom. The summed E-state index contributed by atoms with van der Waals surface area (Å²) in [4.78, 5) is 25.1. The number of carbonyl (C=O) groups is 2. The zero-order valence-electron chi connectivity index (χ0n) is 37.3. The van der Waals surface area contributed by atoms with Crippen molar-refractivity contribution < 1.29 is 24.2 Å². The van der Waals surface area contributed by atoms with Crippen LogP contribution in [0.5, 0.6) is 11.5 Å². The maximum absolute atomic E-state index is 12.5. The Labute approximate surface area is 347 Å². The van der Waals surface area contributed by atoms with Gasteiger partial charge >= 0.3 is 11.9 Å². The number of benzene rings is 1. The molecule has 1 aromatic rings. The van der Waals surface area contributed by atoms with Gasteiger partial charge in [0.25, 0.3) is 0 Å². The largest absolute Gasteiger partial charge is 0.426 e. The third-order valence-electron chi connectivity index (χ3n) is 11.6. The normalized spacial score (nSPS) is 11.3. The number of esters is 2. The van der Waals surface area contributed by atoms with Crippen LogP contribution in [-0.2, 0) is 16.2 Å². The van der Waals surface area contributed by atoms with Crippen molar-refractivity contribution in [1.29, 1.82) is 0 Å². The van der Waals surface area contributed by atoms with Gasteiger partial charge in [-0.2, -0.15) is 0 Å². The summed E-state index contributed by atoms with van der Waals surface area (Å²) in [7, 11) is 0. The number of hydrogen-bond donors (Lipinski definition) is 1. The molecule has 5 nitrogen and oxygen atoms in total. The average Bonchev–Trinajstić information content (AvgIpc) is 3.19. The zero-order valence-corrected chi connectivity index (χ0v) is 37.3. The van der Waals surface area contributed by atoms with E-state index in [1.165, 1.54) is 205 Å². The summed E-state index contributed by atoms with van der Waals surface area (Å²) in [5, 5.41) is 9.73. The summed E-state index contributed by atoms with van der Waals surface area (Å²) in [6.45, 7) is 4.36. The van der Waals surface area contributed by atoms with Crippen molar-refractivity contribution in [2.24, 2.45) is 0 Å². The Morgan fingerprint density at radius 1 is 0.357 bits per heavy atom. The van der Waals surface area contributed by atoms with Gasteiger partial charge in [-0.1, -0.05) is 245 Å². The van der Waals surface area contributed by atoms with Crippen molar-refractivity contribution in [2.45, 2.75) is 277 Å². The van der Waals surface area contributed by atoms with E-state index in [0.717, 1.165) is 38.5 Å². The van der Waals surface area contributed by atoms with Gasteiger partial charge in [-0.3, -0.25) is 9.59 Å². The molecule has 5 heteroatoms. The first kappa shape index (κ1) is 52.1. The van der Waals surface area contributed by atoms with Crippen molar-refractivity contribution in [2.75, 3.05) is 0 Å². The van der Waals surface area contributed by atoms with Crippen LogP contribution < -0.4 is 9.47 Å². The van der Waals surface area contributed by atoms with Gasteiger partial charge in [0, 0.05) is 18.9 Å². The van der Waals surface area contributed by atoms with E-state index in [-0.39, 0.29) is 18.5 Å². The molecule has 0 aliphatic heterocycles. The van der Waals surface area contributed by atoms with E-state index in [1.807, 2.05) is 0 Å². The SMILES string of the molecule is CCCCCCCCCCCCCCCCCCCCCC(=O)Oc1cc(CO)cc(OC(=O)CCCCCCCCCCCCCCCCCCCCC)c1. The summed E-state index contributed by atoms with van der Waals surface area (Å²) in [6, 6.07) is 4.87. The summed E-state index contributed by atoms with van der Waals surface area (Å²) in [6.07, 6.45) is 51.0. The van der Waals surface area contributed by atoms with Gasteiger partial charge in [0.1, 0.15) is 11.5 Å². The standard InChI is InChI=1S/C51H92O5/c1-3-5-7-9-11-13-15-17-19-21-23-25-27-29-31-33-35-37-39-41-50(53)55-48-43-47(46-52)44-49(45-48)56-51(54)42-40-38-36-34-32-30-28-26-24-22-20-18-16-14-12-10-8-6-4-2/h43-45,52H,3-42,46H2,1-2H3. The highest BCUT2D eigenvalue weighted by molar-refractivity contribution is 5.74. The molecule has 1 aromatic carbocycles. The topological polar surface area (TPSA) is 72.8 Å². The molecular weight excluding hydrogens is 693 g/mol. The molecule has 0 fully saturated rings. The Kier molecular flexibility index (Phi) is 38.4. The third-order valence-corrected chi connectivity index (χ3v) is 11.6. The van der Waals surface area contributed by atoms with Gasteiger partial charge in [-0.15, -0.1) is 0 Å². The van der Waals surface area contributed by atoms with E-state index in [9.17, 15) is 14.7 Å². The molecule has 0 spiro atoms. The molecule has 1 N–H and O–H groups in total. The molecule has 326 valence electrons. The second-order valence-corrected chi connectivity index (χ2v) is 17.1. The van der Waals surface area contributed by atoms with Crippen molar-refractivity contribution in [3.8, 4) is 11.5 Å². The fourth-order valence-corrected chi connectivity index (χ4v) is 7.90. The fourth-order valence-electron chi connectivity index (χ4n) is 7.90. The molecule has 0 aliphatic carbocycles. The fraction of sp³-hybridized carbons (Fsp3) is 0.843. The van der Waals surface area contributed by atoms with Crippen LogP contribution in [0.2, 0.25) is 0 Å². The van der Waals surface area contributed by atoms with Crippen LogP contribution in [0.3, 0.4) is 0 Å². The molecule has 0 radical (unpaired) electrons. The predicted octanol–water partition coefficient (Wildman–Crippen LogP) is 16.6. The van der Waals surface area contributed by atoms with Crippen LogP contribution in [-0.4, -0.2) is 17.0 Å². The summed E-state index contributed by atoms with van der Waals surface area (Å²) in [5.41, 5.74) is 0.560. The van der Waals surface area contributed by atoms with Crippen LogP contribution >= 0.6 is 0 Å². The molecule has 0 aromatic heterocycles. The summed E-state index contributed by atoms with van der Waals surface area (Å²) >= 11 is 0. The lowest BCUT2D eigenvalue weighted by molar-refractivity contribution is -0.135. The van der Waals surface area contributed by atoms with Crippen molar-refractivity contribution in [3.05, 3.63) is 23.8 Å². The molecule has 56 heavy (non-hydrogen) atoms. The molecule has 0 aliphatic rings. The first-order valence-electron chi connectivity index (χ1n) is 24.7. The van der Waals surface area contributed by atoms with E-state index in [4.69, 9.17) is 9.47 Å². The number of unbranched alkanes of at least 4 members (excludes halogenated alkanes) is 36. The monoisotopic (exact) mass is 785 g/mol. The smallest absolute Gasteiger partial charge is 0.311 e. The average molecular weight is 785 g/mol. The Hall–Kier alpha value is -1.88. The number of ether oxygens (including phenoxy) is 2. The minimum Gasteiger partial charge on any atom is -0.426 e. The third kappa shape index (κ3) is 35.3. The van der Waals surface area contributed by atoms with Crippen molar-refractivity contribution >= 4 is 11.9 Å². The van der Waals surface area contributed by atoms with Crippen LogP contribution in [0, 0.1) is 0 Å². The summed E-state index contributed by atoms with van der Waals surface area (Å²) < 4.78 is 11.2. The van der Waals surface area contributed by atoms with E-state index < -0.39 is 0 Å². The minimum absolute atomic E-state index is 0.214. The zero-order chi connectivity index (χ0) is 40.4. The van der Waals surface area contributed by atoms with Crippen LogP contribution in [0.1, 0.15) is 276 Å². The Bertz CT molecular complexity index is 932. The Morgan fingerprint density at radius 3 is 0.786 bits per heavy atom. The first-order valence-corrected chi connectivity index (χ1v) is 24.7. The Balaban J connectivity index is 2.00. The highest BCUT2D eigenvalue weighted by Crippen LogP contribution is 2.25. The number of carbonyl (C=O) groups excluding carboxylic acids is 2. The highest BCUT2D eigenvalue weighted by Gasteiger charge is 2.11. The maximum atomic E-state index is 12.5. The number of aliphatic hydroxyl groups is 1. The van der Waals surface area contributed by atoms with Crippen molar-refractivity contribution in [3.63, 3.8) is 0 Å². The van der Waals surface area contributed by atoms with Gasteiger partial charge < -0.3 is 14.6 Å². The van der Waals surface area contributed by atoms with Crippen LogP contribution in [0.4, 0.5) is 0 Å². The number of rotatable bonds is 43. The minimum atomic E-state index is -0.279. The summed E-state index contributed by atoms with van der Waals surface area (Å²) in [5.74, 6) is 0.0909. The molecule has 0 heterocycles. The van der Waals surface area contributed by atoms with E-state index >= 15 is 0 Å². The van der Waals surface area contributed by atoms with Gasteiger partial charge in [-0.05, 0) is 30.5 Å². The van der Waals surface area contributed by atoms with Gasteiger partial charge in [0.15, 0.2) is 0 Å². The first-order chi connectivity index (χ1) is 27.6. The van der Waals surface area contributed by atoms with Gasteiger partial charge in [0.2, 0.25) is 0 Å². The molecule has 1 rings (SSSR count). The molecule has 0 saturated carbocycles. The van der Waals surface area contributed by atoms with Crippen LogP contribution in [0.15, 0.2) is 18.2 Å². The van der Waals surface area contributed by atoms with E-state index in [0.29, 0.717) is 29.9 Å². The lowest BCUT2D eigenvalue weighted by Gasteiger charge is -2.10. The lowest BCUT2D eigenvalue weighted by Crippen LogP contribution is -2.10. The quantitative estimate of drug-likeness (QED) is 0.0406. The number of hydrogen-bond acceptors (Lipinski definition) is 5. The molecule has 0 unspecified atom stereocenters. The molecule has 0 bridgehead atoms. The second kappa shape index (κ2) is 41.3. The molecule has 0 amide bonds.